The van der Waals surface area contributed by atoms with E-state index in [9.17, 15) is 4.79 Å². The molecule has 0 spiro atoms. The number of thiophene rings is 1. The van der Waals surface area contributed by atoms with E-state index >= 15 is 0 Å². The van der Waals surface area contributed by atoms with Gasteiger partial charge in [0.25, 0.3) is 0 Å². The summed E-state index contributed by atoms with van der Waals surface area (Å²) in [5, 5.41) is 12.8. The summed E-state index contributed by atoms with van der Waals surface area (Å²) in [4.78, 5) is 20.3. The quantitative estimate of drug-likeness (QED) is 0.414. The highest BCUT2D eigenvalue weighted by molar-refractivity contribution is 7.99. The zero-order valence-corrected chi connectivity index (χ0v) is 13.4. The normalized spacial score (nSPS) is 10.9. The minimum atomic E-state index is -0.756. The van der Waals surface area contributed by atoms with Crippen LogP contribution in [0, 0.1) is 0 Å². The maximum absolute atomic E-state index is 10.6. The molecule has 1 aromatic carbocycles. The summed E-state index contributed by atoms with van der Waals surface area (Å²) >= 11 is 3.21. The fraction of sp³-hybridized carbons (Fsp3) is 0.188. The highest BCUT2D eigenvalue weighted by Gasteiger charge is 2.13. The molecule has 0 aliphatic carbocycles. The van der Waals surface area contributed by atoms with Gasteiger partial charge in [0, 0.05) is 23.1 Å². The number of aliphatic carboxylic acids is 1. The van der Waals surface area contributed by atoms with Gasteiger partial charge in [0.05, 0.1) is 5.39 Å². The van der Waals surface area contributed by atoms with Crippen molar-refractivity contribution in [1.82, 2.24) is 9.97 Å². The third kappa shape index (κ3) is 3.28. The first-order valence-corrected chi connectivity index (χ1v) is 8.74. The Kier molecular flexibility index (Phi) is 4.70. The highest BCUT2D eigenvalue weighted by Crippen LogP contribution is 2.37. The van der Waals surface area contributed by atoms with Crippen LogP contribution in [0.5, 0.6) is 0 Å². The largest absolute Gasteiger partial charge is 0.481 e. The maximum atomic E-state index is 10.6. The second-order valence-electron chi connectivity index (χ2n) is 4.72. The molecule has 4 nitrogen and oxygen atoms in total. The molecule has 0 aliphatic rings. The van der Waals surface area contributed by atoms with E-state index in [2.05, 4.69) is 27.5 Å². The molecule has 6 heteroatoms. The van der Waals surface area contributed by atoms with Gasteiger partial charge in [0.1, 0.15) is 16.2 Å². The van der Waals surface area contributed by atoms with Crippen molar-refractivity contribution in [3.05, 3.63) is 42.0 Å². The fourth-order valence-electron chi connectivity index (χ4n) is 2.18. The first-order valence-electron chi connectivity index (χ1n) is 6.88. The van der Waals surface area contributed by atoms with Crippen LogP contribution in [0.3, 0.4) is 0 Å². The van der Waals surface area contributed by atoms with Crippen LogP contribution in [0.25, 0.3) is 21.3 Å². The monoisotopic (exact) mass is 330 g/mol. The van der Waals surface area contributed by atoms with Crippen LogP contribution in [0.15, 0.2) is 47.1 Å². The highest BCUT2D eigenvalue weighted by atomic mass is 32.2. The molecule has 0 saturated carbocycles. The van der Waals surface area contributed by atoms with Gasteiger partial charge < -0.3 is 5.11 Å². The second-order valence-corrected chi connectivity index (χ2v) is 6.66. The van der Waals surface area contributed by atoms with Crippen LogP contribution in [-0.2, 0) is 4.79 Å². The number of nitrogens with zero attached hydrogens (tertiary/aromatic N) is 2. The van der Waals surface area contributed by atoms with Gasteiger partial charge in [-0.1, -0.05) is 30.3 Å². The Hall–Kier alpha value is -1.92. The van der Waals surface area contributed by atoms with Crippen molar-refractivity contribution in [2.75, 3.05) is 5.75 Å². The zero-order valence-electron chi connectivity index (χ0n) is 11.7. The van der Waals surface area contributed by atoms with Crippen LogP contribution in [0.4, 0.5) is 0 Å². The number of rotatable bonds is 6. The molecule has 3 rings (SSSR count). The van der Waals surface area contributed by atoms with E-state index < -0.39 is 5.97 Å². The van der Waals surface area contributed by atoms with Crippen molar-refractivity contribution >= 4 is 39.3 Å². The van der Waals surface area contributed by atoms with Crippen LogP contribution in [0.1, 0.15) is 12.8 Å². The van der Waals surface area contributed by atoms with Crippen molar-refractivity contribution < 1.29 is 9.90 Å². The van der Waals surface area contributed by atoms with E-state index in [4.69, 9.17) is 5.11 Å². The summed E-state index contributed by atoms with van der Waals surface area (Å²) in [6.07, 6.45) is 2.40. The number of carbonyl (C=O) groups is 1. The van der Waals surface area contributed by atoms with Crippen LogP contribution >= 0.6 is 23.1 Å². The molecule has 0 bridgehead atoms. The molecule has 0 fully saturated rings. The number of hydrogen-bond acceptors (Lipinski definition) is 5. The molecule has 0 radical (unpaired) electrons. The summed E-state index contributed by atoms with van der Waals surface area (Å²) in [6.45, 7) is 0. The Morgan fingerprint density at radius 3 is 2.82 bits per heavy atom. The Morgan fingerprint density at radius 1 is 1.23 bits per heavy atom. The lowest BCUT2D eigenvalue weighted by molar-refractivity contribution is -0.137. The van der Waals surface area contributed by atoms with E-state index in [1.165, 1.54) is 0 Å². The Labute approximate surface area is 136 Å². The lowest BCUT2D eigenvalue weighted by Crippen LogP contribution is -1.95. The van der Waals surface area contributed by atoms with Gasteiger partial charge in [0.15, 0.2) is 0 Å². The van der Waals surface area contributed by atoms with E-state index in [-0.39, 0.29) is 6.42 Å². The predicted molar refractivity (Wildman–Crippen MR) is 90.4 cm³/mol. The zero-order chi connectivity index (χ0) is 15.4. The van der Waals surface area contributed by atoms with Gasteiger partial charge >= 0.3 is 5.97 Å². The summed E-state index contributed by atoms with van der Waals surface area (Å²) in [5.41, 5.74) is 2.29. The molecule has 0 unspecified atom stereocenters. The Bertz CT molecular complexity index is 787. The molecule has 0 amide bonds. The number of carboxylic acids is 1. The standard InChI is InChI=1S/C16H14N2O2S2/c19-13(20)7-4-8-21-15-14-12(11-5-2-1-3-6-11)9-22-16(14)18-10-17-15/h1-3,5-6,9-10H,4,7-8H2,(H,19,20). The SMILES string of the molecule is O=C(O)CCCSc1ncnc2scc(-c3ccccc3)c12. The molecule has 2 heterocycles. The van der Waals surface area contributed by atoms with Gasteiger partial charge in [-0.2, -0.15) is 0 Å². The molecular weight excluding hydrogens is 316 g/mol. The van der Waals surface area contributed by atoms with Gasteiger partial charge in [-0.3, -0.25) is 4.79 Å². The molecule has 0 aliphatic heterocycles. The molecule has 22 heavy (non-hydrogen) atoms. The van der Waals surface area contributed by atoms with Crippen LogP contribution in [0.2, 0.25) is 0 Å². The third-order valence-corrected chi connectivity index (χ3v) is 5.16. The molecule has 1 N–H and O–H groups in total. The molecule has 0 atom stereocenters. The number of hydrogen-bond donors (Lipinski definition) is 1. The number of thioether (sulfide) groups is 1. The summed E-state index contributed by atoms with van der Waals surface area (Å²) < 4.78 is 0. The summed E-state index contributed by atoms with van der Waals surface area (Å²) in [6, 6.07) is 10.2. The molecule has 3 aromatic rings. The molecule has 2 aromatic heterocycles. The topological polar surface area (TPSA) is 63.1 Å². The number of benzene rings is 1. The minimum Gasteiger partial charge on any atom is -0.481 e. The third-order valence-electron chi connectivity index (χ3n) is 3.19. The van der Waals surface area contributed by atoms with Gasteiger partial charge in [-0.15, -0.1) is 23.1 Å². The smallest absolute Gasteiger partial charge is 0.303 e. The molecular formula is C16H14N2O2S2. The van der Waals surface area contributed by atoms with Crippen LogP contribution in [-0.4, -0.2) is 26.8 Å². The van der Waals surface area contributed by atoms with Crippen LogP contribution < -0.4 is 0 Å². The number of carboxylic acid groups (broad SMARTS) is 1. The van der Waals surface area contributed by atoms with Crippen molar-refractivity contribution in [1.29, 1.82) is 0 Å². The minimum absolute atomic E-state index is 0.191. The molecule has 0 saturated heterocycles. The predicted octanol–water partition coefficient (Wildman–Crippen LogP) is 4.32. The first-order chi connectivity index (χ1) is 10.8. The maximum Gasteiger partial charge on any atom is 0.303 e. The average Bonchev–Trinajstić information content (AvgIpc) is 2.97. The lowest BCUT2D eigenvalue weighted by Gasteiger charge is -2.04. The molecule has 112 valence electrons. The summed E-state index contributed by atoms with van der Waals surface area (Å²) in [7, 11) is 0. The second kappa shape index (κ2) is 6.89. The van der Waals surface area contributed by atoms with Crippen molar-refractivity contribution in [3.63, 3.8) is 0 Å². The Balaban J connectivity index is 1.90. The Morgan fingerprint density at radius 2 is 2.05 bits per heavy atom. The first kappa shape index (κ1) is 15.0. The fourth-order valence-corrected chi connectivity index (χ4v) is 4.11. The number of fused-ring (bicyclic) bond motifs is 1. The average molecular weight is 330 g/mol. The van der Waals surface area contributed by atoms with Gasteiger partial charge in [-0.25, -0.2) is 9.97 Å². The van der Waals surface area contributed by atoms with E-state index in [1.54, 1.807) is 29.4 Å². The van der Waals surface area contributed by atoms with E-state index in [0.717, 1.165) is 32.1 Å². The van der Waals surface area contributed by atoms with Crippen molar-refractivity contribution in [3.8, 4) is 11.1 Å². The number of aromatic nitrogens is 2. The van der Waals surface area contributed by atoms with Crippen molar-refractivity contribution in [2.24, 2.45) is 0 Å². The van der Waals surface area contributed by atoms with Crippen molar-refractivity contribution in [2.45, 2.75) is 17.9 Å². The van der Waals surface area contributed by atoms with Gasteiger partial charge in [-0.05, 0) is 12.0 Å². The van der Waals surface area contributed by atoms with E-state index in [0.29, 0.717) is 6.42 Å². The van der Waals surface area contributed by atoms with E-state index in [1.807, 2.05) is 18.2 Å². The summed E-state index contributed by atoms with van der Waals surface area (Å²) in [5.74, 6) is -0.0170. The lowest BCUT2D eigenvalue weighted by atomic mass is 10.1. The van der Waals surface area contributed by atoms with Gasteiger partial charge in [0.2, 0.25) is 0 Å².